The average Bonchev–Trinajstić information content (AvgIpc) is 2.65. The molecular weight excluding hydrogens is 363 g/mol. The monoisotopic (exact) mass is 388 g/mol. The minimum Gasteiger partial charge on any atom is -0.350 e. The second kappa shape index (κ2) is 10.1. The van der Waals surface area contributed by atoms with E-state index in [-0.39, 0.29) is 24.2 Å². The molecular formula is C21H25FN2O2S. The van der Waals surface area contributed by atoms with Crippen molar-refractivity contribution in [3.63, 3.8) is 0 Å². The highest BCUT2D eigenvalue weighted by Crippen LogP contribution is 2.10. The Balaban J connectivity index is 2.01. The van der Waals surface area contributed by atoms with Gasteiger partial charge in [-0.25, -0.2) is 4.39 Å². The van der Waals surface area contributed by atoms with Gasteiger partial charge >= 0.3 is 0 Å². The molecule has 0 aromatic heterocycles. The van der Waals surface area contributed by atoms with Gasteiger partial charge in [0.15, 0.2) is 0 Å². The summed E-state index contributed by atoms with van der Waals surface area (Å²) in [7, 11) is 0. The van der Waals surface area contributed by atoms with Crippen LogP contribution >= 0.6 is 11.8 Å². The van der Waals surface area contributed by atoms with E-state index in [0.29, 0.717) is 23.1 Å². The summed E-state index contributed by atoms with van der Waals surface area (Å²) < 4.78 is 13.6. The number of carbonyl (C=O) groups excluding carboxylic acids is 2. The Morgan fingerprint density at radius 2 is 1.93 bits per heavy atom. The average molecular weight is 389 g/mol. The number of hydrogen-bond donors (Lipinski definition) is 2. The number of amides is 2. The molecule has 4 nitrogen and oxygen atoms in total. The predicted octanol–water partition coefficient (Wildman–Crippen LogP) is 3.61. The van der Waals surface area contributed by atoms with Crippen LogP contribution in [0.5, 0.6) is 0 Å². The Labute approximate surface area is 163 Å². The van der Waals surface area contributed by atoms with Crippen LogP contribution in [0.4, 0.5) is 4.39 Å². The van der Waals surface area contributed by atoms with E-state index in [1.165, 1.54) is 6.07 Å². The highest BCUT2D eigenvalue weighted by Gasteiger charge is 2.21. The Morgan fingerprint density at radius 3 is 2.59 bits per heavy atom. The van der Waals surface area contributed by atoms with Crippen LogP contribution in [0.2, 0.25) is 0 Å². The number of benzene rings is 2. The van der Waals surface area contributed by atoms with Crippen molar-refractivity contribution in [3.05, 3.63) is 70.5 Å². The minimum absolute atomic E-state index is 0.214. The van der Waals surface area contributed by atoms with Crippen LogP contribution in [0.25, 0.3) is 0 Å². The molecule has 0 aliphatic heterocycles. The fourth-order valence-corrected chi connectivity index (χ4v) is 3.06. The number of rotatable bonds is 8. The van der Waals surface area contributed by atoms with Crippen molar-refractivity contribution >= 4 is 23.6 Å². The molecule has 0 aliphatic rings. The lowest BCUT2D eigenvalue weighted by molar-refractivity contribution is -0.123. The van der Waals surface area contributed by atoms with Gasteiger partial charge in [0.25, 0.3) is 5.91 Å². The molecule has 1 atom stereocenters. The highest BCUT2D eigenvalue weighted by atomic mass is 32.2. The first-order chi connectivity index (χ1) is 12.9. The molecule has 0 saturated carbocycles. The molecule has 0 saturated heterocycles. The summed E-state index contributed by atoms with van der Waals surface area (Å²) in [5.74, 6) is -0.105. The van der Waals surface area contributed by atoms with Gasteiger partial charge in [0.05, 0.1) is 0 Å². The quantitative estimate of drug-likeness (QED) is 0.726. The standard InChI is InChI=1S/C21H25FN2O2S/c1-14-5-4-6-17(11-14)20(25)24-19(9-10-27-3)21(26)23-13-16-8-7-15(2)18(22)12-16/h4-8,11-12,19H,9-10,13H2,1-3H3,(H,23,26)(H,24,25). The van der Waals surface area contributed by atoms with Crippen molar-refractivity contribution in [1.29, 1.82) is 0 Å². The SMILES string of the molecule is CSCCC(NC(=O)c1cccc(C)c1)C(=O)NCc1ccc(C)c(F)c1. The third-order valence-corrected chi connectivity index (χ3v) is 4.86. The van der Waals surface area contributed by atoms with Gasteiger partial charge in [-0.3, -0.25) is 9.59 Å². The first-order valence-corrected chi connectivity index (χ1v) is 10.2. The Hall–Kier alpha value is -2.34. The molecule has 0 radical (unpaired) electrons. The maximum absolute atomic E-state index is 13.6. The number of carbonyl (C=O) groups is 2. The smallest absolute Gasteiger partial charge is 0.251 e. The van der Waals surface area contributed by atoms with Crippen LogP contribution in [0, 0.1) is 19.7 Å². The van der Waals surface area contributed by atoms with Gasteiger partial charge in [0.2, 0.25) is 5.91 Å². The van der Waals surface area contributed by atoms with Gasteiger partial charge in [0.1, 0.15) is 11.9 Å². The minimum atomic E-state index is -0.638. The van der Waals surface area contributed by atoms with E-state index in [1.54, 1.807) is 43.0 Å². The summed E-state index contributed by atoms with van der Waals surface area (Å²) in [4.78, 5) is 25.1. The van der Waals surface area contributed by atoms with Gasteiger partial charge in [-0.05, 0) is 61.6 Å². The first-order valence-electron chi connectivity index (χ1n) is 8.80. The fraction of sp³-hybridized carbons (Fsp3) is 0.333. The van der Waals surface area contributed by atoms with Crippen LogP contribution in [0.3, 0.4) is 0 Å². The highest BCUT2D eigenvalue weighted by molar-refractivity contribution is 7.98. The van der Waals surface area contributed by atoms with E-state index in [2.05, 4.69) is 10.6 Å². The molecule has 2 aromatic rings. The Morgan fingerprint density at radius 1 is 1.15 bits per heavy atom. The molecule has 6 heteroatoms. The zero-order chi connectivity index (χ0) is 19.8. The van der Waals surface area contributed by atoms with Crippen LogP contribution < -0.4 is 10.6 Å². The molecule has 0 fully saturated rings. The second-order valence-corrected chi connectivity index (χ2v) is 7.46. The largest absolute Gasteiger partial charge is 0.350 e. The summed E-state index contributed by atoms with van der Waals surface area (Å²) in [5.41, 5.74) is 2.75. The number of aryl methyl sites for hydroxylation is 2. The third-order valence-electron chi connectivity index (χ3n) is 4.22. The van der Waals surface area contributed by atoms with Crippen LogP contribution in [-0.2, 0) is 11.3 Å². The lowest BCUT2D eigenvalue weighted by atomic mass is 10.1. The number of halogens is 1. The lowest BCUT2D eigenvalue weighted by Crippen LogP contribution is -2.46. The number of nitrogens with one attached hydrogen (secondary N) is 2. The van der Waals surface area contributed by atoms with Gasteiger partial charge in [-0.1, -0.05) is 29.8 Å². The summed E-state index contributed by atoms with van der Waals surface area (Å²) in [6.45, 7) is 3.82. The van der Waals surface area contributed by atoms with Crippen molar-refractivity contribution in [3.8, 4) is 0 Å². The van der Waals surface area contributed by atoms with E-state index in [9.17, 15) is 14.0 Å². The van der Waals surface area contributed by atoms with Gasteiger partial charge in [0, 0.05) is 12.1 Å². The molecule has 2 rings (SSSR count). The molecule has 2 aromatic carbocycles. The van der Waals surface area contributed by atoms with E-state index < -0.39 is 6.04 Å². The van der Waals surface area contributed by atoms with Crippen molar-refractivity contribution in [1.82, 2.24) is 10.6 Å². The maximum atomic E-state index is 13.6. The van der Waals surface area contributed by atoms with Crippen LogP contribution in [-0.4, -0.2) is 29.9 Å². The Kier molecular flexibility index (Phi) is 7.85. The first kappa shape index (κ1) is 21.0. The van der Waals surface area contributed by atoms with E-state index in [1.807, 2.05) is 25.3 Å². The maximum Gasteiger partial charge on any atom is 0.251 e. The third kappa shape index (κ3) is 6.40. The topological polar surface area (TPSA) is 58.2 Å². The van der Waals surface area contributed by atoms with E-state index in [0.717, 1.165) is 11.3 Å². The fourth-order valence-electron chi connectivity index (χ4n) is 2.59. The molecule has 27 heavy (non-hydrogen) atoms. The normalized spacial score (nSPS) is 11.7. The van der Waals surface area contributed by atoms with E-state index >= 15 is 0 Å². The number of thioether (sulfide) groups is 1. The predicted molar refractivity (Wildman–Crippen MR) is 108 cm³/mol. The van der Waals surface area contributed by atoms with Crippen LogP contribution in [0.1, 0.15) is 33.5 Å². The zero-order valence-corrected chi connectivity index (χ0v) is 16.7. The summed E-state index contributed by atoms with van der Waals surface area (Å²) in [6.07, 6.45) is 2.47. The molecule has 2 N–H and O–H groups in total. The van der Waals surface area contributed by atoms with Crippen molar-refractivity contribution in [2.45, 2.75) is 32.9 Å². The van der Waals surface area contributed by atoms with Gasteiger partial charge in [-0.2, -0.15) is 11.8 Å². The molecule has 2 amide bonds. The van der Waals surface area contributed by atoms with Crippen molar-refractivity contribution < 1.29 is 14.0 Å². The van der Waals surface area contributed by atoms with Crippen molar-refractivity contribution in [2.24, 2.45) is 0 Å². The van der Waals surface area contributed by atoms with Crippen molar-refractivity contribution in [2.75, 3.05) is 12.0 Å². The molecule has 0 aliphatic carbocycles. The molecule has 0 heterocycles. The summed E-state index contributed by atoms with van der Waals surface area (Å²) in [5, 5.41) is 5.61. The van der Waals surface area contributed by atoms with Gasteiger partial charge in [-0.15, -0.1) is 0 Å². The lowest BCUT2D eigenvalue weighted by Gasteiger charge is -2.18. The molecule has 0 bridgehead atoms. The summed E-state index contributed by atoms with van der Waals surface area (Å²) >= 11 is 1.61. The van der Waals surface area contributed by atoms with E-state index in [4.69, 9.17) is 0 Å². The number of hydrogen-bond acceptors (Lipinski definition) is 3. The summed E-state index contributed by atoms with van der Waals surface area (Å²) in [6, 6.07) is 11.5. The molecule has 0 spiro atoms. The molecule has 1 unspecified atom stereocenters. The molecule has 144 valence electrons. The zero-order valence-electron chi connectivity index (χ0n) is 15.8. The van der Waals surface area contributed by atoms with Crippen LogP contribution in [0.15, 0.2) is 42.5 Å². The van der Waals surface area contributed by atoms with Gasteiger partial charge < -0.3 is 10.6 Å². The second-order valence-electron chi connectivity index (χ2n) is 6.48. The Bertz CT molecular complexity index is 811.